The number of furan rings is 1. The van der Waals surface area contributed by atoms with Crippen LogP contribution in [0, 0.1) is 5.92 Å². The van der Waals surface area contributed by atoms with Crippen molar-refractivity contribution in [3.8, 4) is 0 Å². The fourth-order valence-corrected chi connectivity index (χ4v) is 5.24. The lowest BCUT2D eigenvalue weighted by molar-refractivity contribution is -0.122. The van der Waals surface area contributed by atoms with Gasteiger partial charge in [-0.15, -0.1) is 0 Å². The van der Waals surface area contributed by atoms with Crippen molar-refractivity contribution in [2.75, 3.05) is 18.0 Å². The van der Waals surface area contributed by atoms with E-state index in [0.29, 0.717) is 37.9 Å². The molecule has 0 aromatic carbocycles. The highest BCUT2D eigenvalue weighted by Crippen LogP contribution is 2.35. The first-order chi connectivity index (χ1) is 15.5. The van der Waals surface area contributed by atoms with Gasteiger partial charge in [-0.05, 0) is 49.1 Å². The minimum atomic E-state index is -0.229. The molecule has 0 atom stereocenters. The molecule has 0 spiro atoms. The number of thioether (sulfide) groups is 1. The van der Waals surface area contributed by atoms with Gasteiger partial charge in [0.2, 0.25) is 0 Å². The predicted molar refractivity (Wildman–Crippen MR) is 129 cm³/mol. The molecule has 7 nitrogen and oxygen atoms in total. The van der Waals surface area contributed by atoms with Crippen molar-refractivity contribution in [3.63, 3.8) is 0 Å². The molecule has 1 amide bonds. The Bertz CT molecular complexity index is 1270. The van der Waals surface area contributed by atoms with Gasteiger partial charge in [0.05, 0.1) is 23.3 Å². The number of fused-ring (bicyclic) bond motifs is 1. The van der Waals surface area contributed by atoms with Crippen LogP contribution in [-0.2, 0) is 11.3 Å². The summed E-state index contributed by atoms with van der Waals surface area (Å²) in [6.45, 7) is 4.17. The Kier molecular flexibility index (Phi) is 5.60. The van der Waals surface area contributed by atoms with Gasteiger partial charge < -0.3 is 9.32 Å². The fourth-order valence-electron chi connectivity index (χ4n) is 4.00. The first kappa shape index (κ1) is 21.0. The molecular formula is C23H22N4O3S2. The van der Waals surface area contributed by atoms with Gasteiger partial charge in [0, 0.05) is 19.3 Å². The summed E-state index contributed by atoms with van der Waals surface area (Å²) < 4.78 is 7.33. The number of piperidine rings is 1. The van der Waals surface area contributed by atoms with Crippen LogP contribution in [0.5, 0.6) is 0 Å². The SMILES string of the molecule is CC1CCN(c2nc3ccccn3c(=O)c2C=C2SC(=S)N(Cc3ccco3)C2=O)CC1. The maximum absolute atomic E-state index is 13.4. The predicted octanol–water partition coefficient (Wildman–Crippen LogP) is 3.93. The number of carbonyl (C=O) groups excluding carboxylic acids is 1. The molecule has 3 aromatic heterocycles. The van der Waals surface area contributed by atoms with Gasteiger partial charge in [-0.25, -0.2) is 4.98 Å². The Balaban J connectivity index is 1.57. The summed E-state index contributed by atoms with van der Waals surface area (Å²) in [6.07, 6.45) is 7.01. The molecule has 3 aromatic rings. The van der Waals surface area contributed by atoms with E-state index in [4.69, 9.17) is 21.6 Å². The lowest BCUT2D eigenvalue weighted by atomic mass is 9.99. The van der Waals surface area contributed by atoms with Crippen LogP contribution in [0.15, 0.2) is 56.9 Å². The van der Waals surface area contributed by atoms with E-state index in [2.05, 4.69) is 11.8 Å². The van der Waals surface area contributed by atoms with Crippen molar-refractivity contribution in [2.45, 2.75) is 26.3 Å². The zero-order valence-corrected chi connectivity index (χ0v) is 19.2. The van der Waals surface area contributed by atoms with Crippen LogP contribution in [0.1, 0.15) is 31.1 Å². The van der Waals surface area contributed by atoms with Gasteiger partial charge >= 0.3 is 0 Å². The van der Waals surface area contributed by atoms with E-state index < -0.39 is 0 Å². The van der Waals surface area contributed by atoms with Gasteiger partial charge in [0.25, 0.3) is 11.5 Å². The second kappa shape index (κ2) is 8.55. The average molecular weight is 467 g/mol. The minimum Gasteiger partial charge on any atom is -0.467 e. The lowest BCUT2D eigenvalue weighted by Crippen LogP contribution is -2.36. The number of anilines is 1. The monoisotopic (exact) mass is 466 g/mol. The number of amides is 1. The summed E-state index contributed by atoms with van der Waals surface area (Å²) in [6, 6.07) is 9.06. The third-order valence-corrected chi connectivity index (χ3v) is 7.25. The Morgan fingerprint density at radius 3 is 2.78 bits per heavy atom. The summed E-state index contributed by atoms with van der Waals surface area (Å²) >= 11 is 6.64. The quantitative estimate of drug-likeness (QED) is 0.426. The van der Waals surface area contributed by atoms with Crippen LogP contribution in [0.4, 0.5) is 5.82 Å². The normalized spacial score (nSPS) is 19.0. The summed E-state index contributed by atoms with van der Waals surface area (Å²) in [4.78, 5) is 35.4. The number of carbonyl (C=O) groups is 1. The highest BCUT2D eigenvalue weighted by molar-refractivity contribution is 8.26. The summed E-state index contributed by atoms with van der Waals surface area (Å²) in [5.74, 6) is 1.70. The van der Waals surface area contributed by atoms with Gasteiger partial charge in [-0.3, -0.25) is 18.9 Å². The molecule has 32 heavy (non-hydrogen) atoms. The molecule has 0 aliphatic carbocycles. The number of rotatable bonds is 4. The number of hydrogen-bond donors (Lipinski definition) is 0. The molecule has 0 radical (unpaired) electrons. The van der Waals surface area contributed by atoms with E-state index in [1.165, 1.54) is 21.1 Å². The van der Waals surface area contributed by atoms with E-state index in [-0.39, 0.29) is 18.0 Å². The van der Waals surface area contributed by atoms with Gasteiger partial charge in [-0.2, -0.15) is 0 Å². The fraction of sp³-hybridized carbons (Fsp3) is 0.304. The van der Waals surface area contributed by atoms with Crippen LogP contribution in [-0.4, -0.2) is 37.6 Å². The van der Waals surface area contributed by atoms with E-state index in [1.807, 2.05) is 12.1 Å². The first-order valence-corrected chi connectivity index (χ1v) is 11.8. The van der Waals surface area contributed by atoms with E-state index in [9.17, 15) is 9.59 Å². The highest BCUT2D eigenvalue weighted by Gasteiger charge is 2.33. The maximum Gasteiger partial charge on any atom is 0.267 e. The number of aromatic nitrogens is 2. The molecule has 2 fully saturated rings. The van der Waals surface area contributed by atoms with Crippen molar-refractivity contribution in [1.29, 1.82) is 0 Å². The maximum atomic E-state index is 13.4. The standard InChI is InChI=1S/C23H22N4O3S2/c1-15-7-10-25(11-8-15)20-17(21(28)26-9-3-2-6-19(26)24-20)13-18-22(29)27(23(31)32-18)14-16-5-4-12-30-16/h2-6,9,12-13,15H,7-8,10-11,14H2,1H3. The number of thiocarbonyl (C=S) groups is 1. The van der Waals surface area contributed by atoms with Crippen molar-refractivity contribution in [2.24, 2.45) is 5.92 Å². The van der Waals surface area contributed by atoms with Crippen molar-refractivity contribution in [1.82, 2.24) is 14.3 Å². The molecule has 2 aliphatic rings. The third kappa shape index (κ3) is 3.86. The van der Waals surface area contributed by atoms with E-state index in [0.717, 1.165) is 25.9 Å². The summed E-state index contributed by atoms with van der Waals surface area (Å²) in [5, 5.41) is 0. The largest absolute Gasteiger partial charge is 0.467 e. The second-order valence-electron chi connectivity index (χ2n) is 8.10. The van der Waals surface area contributed by atoms with E-state index in [1.54, 1.807) is 36.7 Å². The minimum absolute atomic E-state index is 0.194. The average Bonchev–Trinajstić information content (AvgIpc) is 3.40. The van der Waals surface area contributed by atoms with Gasteiger partial charge in [-0.1, -0.05) is 37.0 Å². The molecule has 0 saturated carbocycles. The smallest absolute Gasteiger partial charge is 0.267 e. The van der Waals surface area contributed by atoms with Crippen LogP contribution in [0.3, 0.4) is 0 Å². The zero-order valence-electron chi connectivity index (χ0n) is 17.6. The Morgan fingerprint density at radius 1 is 1.22 bits per heavy atom. The summed E-state index contributed by atoms with van der Waals surface area (Å²) in [7, 11) is 0. The number of nitrogens with zero attached hydrogens (tertiary/aromatic N) is 4. The van der Waals surface area contributed by atoms with Crippen molar-refractivity contribution < 1.29 is 9.21 Å². The Labute approximate surface area is 194 Å². The molecule has 5 rings (SSSR count). The zero-order chi connectivity index (χ0) is 22.2. The van der Waals surface area contributed by atoms with Crippen molar-refractivity contribution >= 4 is 51.7 Å². The molecular weight excluding hydrogens is 444 g/mol. The molecule has 2 saturated heterocycles. The van der Waals surface area contributed by atoms with Crippen molar-refractivity contribution in [3.05, 3.63) is 69.4 Å². The topological polar surface area (TPSA) is 71.1 Å². The van der Waals surface area contributed by atoms with Crippen LogP contribution < -0.4 is 10.5 Å². The molecule has 2 aliphatic heterocycles. The molecule has 0 N–H and O–H groups in total. The second-order valence-corrected chi connectivity index (χ2v) is 9.78. The highest BCUT2D eigenvalue weighted by atomic mass is 32.2. The molecule has 5 heterocycles. The summed E-state index contributed by atoms with van der Waals surface area (Å²) in [5.41, 5.74) is 0.816. The molecule has 0 unspecified atom stereocenters. The third-order valence-electron chi connectivity index (χ3n) is 5.88. The number of hydrogen-bond acceptors (Lipinski definition) is 7. The first-order valence-electron chi connectivity index (χ1n) is 10.6. The van der Waals surface area contributed by atoms with Gasteiger partial charge in [0.15, 0.2) is 0 Å². The van der Waals surface area contributed by atoms with Crippen LogP contribution in [0.2, 0.25) is 0 Å². The Hall–Kier alpha value is -2.91. The number of pyridine rings is 1. The molecule has 164 valence electrons. The van der Waals surface area contributed by atoms with Crippen LogP contribution in [0.25, 0.3) is 11.7 Å². The lowest BCUT2D eigenvalue weighted by Gasteiger charge is -2.32. The van der Waals surface area contributed by atoms with Crippen LogP contribution >= 0.6 is 24.0 Å². The molecule has 9 heteroatoms. The van der Waals surface area contributed by atoms with E-state index >= 15 is 0 Å². The molecule has 0 bridgehead atoms. The Morgan fingerprint density at radius 2 is 2.03 bits per heavy atom. The van der Waals surface area contributed by atoms with Gasteiger partial charge in [0.1, 0.15) is 21.5 Å².